The maximum atomic E-state index is 12.4. The van der Waals surface area contributed by atoms with E-state index in [1.807, 2.05) is 0 Å². The maximum Gasteiger partial charge on any atom is 0.341 e. The number of esters is 1. The summed E-state index contributed by atoms with van der Waals surface area (Å²) in [7, 11) is 0. The van der Waals surface area contributed by atoms with E-state index in [0.717, 1.165) is 36.1 Å². The molecule has 26 heavy (non-hydrogen) atoms. The number of aryl methyl sites for hydroxylation is 1. The lowest BCUT2D eigenvalue weighted by atomic mass is 9.95. The van der Waals surface area contributed by atoms with Crippen molar-refractivity contribution in [2.75, 3.05) is 11.9 Å². The molecule has 3 rings (SSSR count). The van der Waals surface area contributed by atoms with E-state index < -0.39 is 11.9 Å². The number of halogens is 1. The number of hydrogen-bond donors (Lipinski definition) is 1. The van der Waals surface area contributed by atoms with Crippen LogP contribution in [-0.4, -0.2) is 23.1 Å². The van der Waals surface area contributed by atoms with E-state index >= 15 is 0 Å². The van der Waals surface area contributed by atoms with Gasteiger partial charge in [0, 0.05) is 17.1 Å². The highest BCUT2D eigenvalue weighted by molar-refractivity contribution is 7.17. The van der Waals surface area contributed by atoms with Crippen molar-refractivity contribution in [3.8, 4) is 0 Å². The van der Waals surface area contributed by atoms with Crippen LogP contribution in [0.25, 0.3) is 0 Å². The quantitative estimate of drug-likeness (QED) is 0.789. The Hall–Kier alpha value is -2.12. The fraction of sp³-hybridized carbons (Fsp3) is 0.389. The van der Waals surface area contributed by atoms with Crippen molar-refractivity contribution in [1.29, 1.82) is 0 Å². The molecule has 0 fully saturated rings. The lowest BCUT2D eigenvalue weighted by Crippen LogP contribution is -2.27. The molecule has 2 aromatic heterocycles. The van der Waals surface area contributed by atoms with Gasteiger partial charge in [0.25, 0.3) is 5.56 Å². The Morgan fingerprint density at radius 2 is 2.08 bits per heavy atom. The van der Waals surface area contributed by atoms with E-state index in [4.69, 9.17) is 16.3 Å². The minimum atomic E-state index is -0.415. The van der Waals surface area contributed by atoms with Gasteiger partial charge >= 0.3 is 5.97 Å². The molecular weight excluding hydrogens is 376 g/mol. The Bertz CT molecular complexity index is 903. The van der Waals surface area contributed by atoms with Gasteiger partial charge in [0.1, 0.15) is 11.5 Å². The van der Waals surface area contributed by atoms with Crippen LogP contribution < -0.4 is 10.9 Å². The number of thiophene rings is 1. The molecule has 2 aromatic rings. The van der Waals surface area contributed by atoms with Crippen molar-refractivity contribution in [2.45, 2.75) is 39.2 Å². The number of fused-ring (bicyclic) bond motifs is 1. The molecule has 2 heterocycles. The highest BCUT2D eigenvalue weighted by Gasteiger charge is 2.27. The van der Waals surface area contributed by atoms with Gasteiger partial charge in [-0.15, -0.1) is 11.3 Å². The summed E-state index contributed by atoms with van der Waals surface area (Å²) in [6.07, 6.45) is 5.21. The van der Waals surface area contributed by atoms with Gasteiger partial charge in [0.15, 0.2) is 0 Å². The SMILES string of the molecule is CCOC(=O)c1c(NC(=O)Cn2cc(Cl)ccc2=O)sc2c1CCCC2. The predicted molar refractivity (Wildman–Crippen MR) is 101 cm³/mol. The molecule has 0 saturated carbocycles. The molecule has 0 radical (unpaired) electrons. The van der Waals surface area contributed by atoms with Gasteiger partial charge in [0.05, 0.1) is 17.2 Å². The van der Waals surface area contributed by atoms with Gasteiger partial charge in [0.2, 0.25) is 5.91 Å². The normalized spacial score (nSPS) is 13.2. The van der Waals surface area contributed by atoms with Gasteiger partial charge in [-0.2, -0.15) is 0 Å². The zero-order valence-corrected chi connectivity index (χ0v) is 15.9. The molecule has 1 N–H and O–H groups in total. The number of carbonyl (C=O) groups is 2. The topological polar surface area (TPSA) is 77.4 Å². The first-order chi connectivity index (χ1) is 12.5. The van der Waals surface area contributed by atoms with E-state index in [0.29, 0.717) is 15.6 Å². The third-order valence-electron chi connectivity index (χ3n) is 4.17. The molecule has 0 bridgehead atoms. The van der Waals surface area contributed by atoms with Crippen molar-refractivity contribution in [3.63, 3.8) is 0 Å². The van der Waals surface area contributed by atoms with Crippen molar-refractivity contribution in [2.24, 2.45) is 0 Å². The summed E-state index contributed by atoms with van der Waals surface area (Å²) in [4.78, 5) is 37.8. The van der Waals surface area contributed by atoms with Crippen molar-refractivity contribution in [1.82, 2.24) is 4.57 Å². The molecule has 0 saturated heterocycles. The second kappa shape index (κ2) is 8.05. The van der Waals surface area contributed by atoms with Crippen LogP contribution in [0.1, 0.15) is 40.6 Å². The zero-order chi connectivity index (χ0) is 18.7. The Labute approximate surface area is 159 Å². The highest BCUT2D eigenvalue weighted by atomic mass is 35.5. The number of ether oxygens (including phenoxy) is 1. The average molecular weight is 395 g/mol. The molecule has 138 valence electrons. The minimum absolute atomic E-state index is 0.176. The molecule has 1 aliphatic rings. The first-order valence-corrected chi connectivity index (χ1v) is 9.66. The lowest BCUT2D eigenvalue weighted by Gasteiger charge is -2.12. The van der Waals surface area contributed by atoms with Crippen LogP contribution >= 0.6 is 22.9 Å². The van der Waals surface area contributed by atoms with Crippen molar-refractivity contribution < 1.29 is 14.3 Å². The zero-order valence-electron chi connectivity index (χ0n) is 14.3. The number of carbonyl (C=O) groups excluding carboxylic acids is 2. The number of aromatic nitrogens is 1. The molecule has 0 spiro atoms. The van der Waals surface area contributed by atoms with Crippen LogP contribution in [0.15, 0.2) is 23.1 Å². The van der Waals surface area contributed by atoms with E-state index in [1.165, 1.54) is 34.2 Å². The second-order valence-electron chi connectivity index (χ2n) is 6.00. The number of pyridine rings is 1. The molecule has 0 unspecified atom stereocenters. The van der Waals surface area contributed by atoms with E-state index in [1.54, 1.807) is 6.92 Å². The number of rotatable bonds is 5. The fourth-order valence-electron chi connectivity index (χ4n) is 3.02. The highest BCUT2D eigenvalue weighted by Crippen LogP contribution is 2.38. The lowest BCUT2D eigenvalue weighted by molar-refractivity contribution is -0.116. The third kappa shape index (κ3) is 3.99. The summed E-state index contributed by atoms with van der Waals surface area (Å²) >= 11 is 7.30. The standard InChI is InChI=1S/C18H19ClN2O4S/c1-2-25-18(24)16-12-5-3-4-6-13(12)26-17(16)20-14(22)10-21-9-11(19)7-8-15(21)23/h7-9H,2-6,10H2,1H3,(H,20,22). The maximum absolute atomic E-state index is 12.4. The van der Waals surface area contributed by atoms with Crippen LogP contribution in [0.4, 0.5) is 5.00 Å². The van der Waals surface area contributed by atoms with Crippen LogP contribution in [0, 0.1) is 0 Å². The molecule has 6 nitrogen and oxygen atoms in total. The van der Waals surface area contributed by atoms with E-state index in [9.17, 15) is 14.4 Å². The van der Waals surface area contributed by atoms with Crippen LogP contribution in [0.2, 0.25) is 5.02 Å². The minimum Gasteiger partial charge on any atom is -0.462 e. The Balaban J connectivity index is 1.85. The van der Waals surface area contributed by atoms with Gasteiger partial charge in [-0.05, 0) is 44.2 Å². The molecular formula is C18H19ClN2O4S. The second-order valence-corrected chi connectivity index (χ2v) is 7.54. The smallest absolute Gasteiger partial charge is 0.341 e. The first-order valence-electron chi connectivity index (χ1n) is 8.47. The average Bonchev–Trinajstić information content (AvgIpc) is 2.96. The summed E-state index contributed by atoms with van der Waals surface area (Å²) in [5, 5.41) is 3.65. The number of nitrogens with zero attached hydrogens (tertiary/aromatic N) is 1. The molecule has 8 heteroatoms. The molecule has 1 amide bonds. The summed E-state index contributed by atoms with van der Waals surface area (Å²) in [5.74, 6) is -0.805. The number of anilines is 1. The molecule has 0 aliphatic heterocycles. The Morgan fingerprint density at radius 3 is 2.85 bits per heavy atom. The van der Waals surface area contributed by atoms with Gasteiger partial charge in [-0.3, -0.25) is 9.59 Å². The number of amides is 1. The van der Waals surface area contributed by atoms with Gasteiger partial charge < -0.3 is 14.6 Å². The monoisotopic (exact) mass is 394 g/mol. The van der Waals surface area contributed by atoms with Crippen LogP contribution in [0.5, 0.6) is 0 Å². The largest absolute Gasteiger partial charge is 0.462 e. The van der Waals surface area contributed by atoms with Gasteiger partial charge in [-0.1, -0.05) is 11.6 Å². The summed E-state index contributed by atoms with van der Waals surface area (Å²) in [5.41, 5.74) is 1.12. The number of nitrogens with one attached hydrogen (secondary N) is 1. The Kier molecular flexibility index (Phi) is 5.78. The van der Waals surface area contributed by atoms with Crippen molar-refractivity contribution >= 4 is 39.8 Å². The van der Waals surface area contributed by atoms with Crippen LogP contribution in [0.3, 0.4) is 0 Å². The summed E-state index contributed by atoms with van der Waals surface area (Å²) < 4.78 is 6.40. The van der Waals surface area contributed by atoms with Crippen molar-refractivity contribution in [3.05, 3.63) is 49.7 Å². The third-order valence-corrected chi connectivity index (χ3v) is 5.60. The van der Waals surface area contributed by atoms with Crippen LogP contribution in [-0.2, 0) is 28.9 Å². The first kappa shape index (κ1) is 18.7. The molecule has 0 aromatic carbocycles. The van der Waals surface area contributed by atoms with E-state index in [2.05, 4.69) is 5.32 Å². The summed E-state index contributed by atoms with van der Waals surface area (Å²) in [6, 6.07) is 2.79. The summed E-state index contributed by atoms with van der Waals surface area (Å²) in [6.45, 7) is 1.85. The fourth-order valence-corrected chi connectivity index (χ4v) is 4.49. The number of hydrogen-bond acceptors (Lipinski definition) is 5. The van der Waals surface area contributed by atoms with E-state index in [-0.39, 0.29) is 18.7 Å². The van der Waals surface area contributed by atoms with Gasteiger partial charge in [-0.25, -0.2) is 4.79 Å². The molecule has 1 aliphatic carbocycles. The predicted octanol–water partition coefficient (Wildman–Crippen LogP) is 3.26. The Morgan fingerprint density at radius 1 is 1.31 bits per heavy atom. The molecule has 0 atom stereocenters.